The number of hydrogen-bond donors (Lipinski definition) is 0. The number of rotatable bonds is 8. The molecule has 0 aromatic carbocycles. The van der Waals surface area contributed by atoms with Gasteiger partial charge in [0.2, 0.25) is 0 Å². The zero-order valence-electron chi connectivity index (χ0n) is 23.2. The topological polar surface area (TPSA) is 18.5 Å². The molecule has 0 amide bonds. The highest BCUT2D eigenvalue weighted by Crippen LogP contribution is 2.65. The Morgan fingerprint density at radius 3 is 2.63 bits per heavy atom. The molecule has 2 saturated carbocycles. The van der Waals surface area contributed by atoms with Crippen molar-refractivity contribution in [1.82, 2.24) is 0 Å². The lowest BCUT2D eigenvalue weighted by Crippen LogP contribution is -2.47. The first-order valence-electron chi connectivity index (χ1n) is 15.5. The molecule has 1 saturated heterocycles. The third-order valence-corrected chi connectivity index (χ3v) is 11.4. The van der Waals surface area contributed by atoms with E-state index >= 15 is 0 Å². The summed E-state index contributed by atoms with van der Waals surface area (Å²) >= 11 is 0. The van der Waals surface area contributed by atoms with E-state index in [1.165, 1.54) is 56.9 Å². The summed E-state index contributed by atoms with van der Waals surface area (Å²) in [7, 11) is 0. The maximum atomic E-state index is 14.5. The Balaban J connectivity index is 1.27. The molecule has 4 aliphatic carbocycles. The lowest BCUT2D eigenvalue weighted by Gasteiger charge is -2.54. The van der Waals surface area contributed by atoms with E-state index in [0.29, 0.717) is 5.41 Å². The molecule has 1 aliphatic heterocycles. The molecule has 0 bridgehead atoms. The fraction of sp³-hybridized carbons (Fsp3) is 0.938. The van der Waals surface area contributed by atoms with Crippen molar-refractivity contribution in [3.63, 3.8) is 0 Å². The number of alkyl halides is 1. The van der Waals surface area contributed by atoms with Crippen LogP contribution in [0.2, 0.25) is 0 Å². The molecule has 1 heterocycles. The number of hydrogen-bond acceptors (Lipinski definition) is 2. The fourth-order valence-corrected chi connectivity index (χ4v) is 9.66. The van der Waals surface area contributed by atoms with Crippen LogP contribution in [0.1, 0.15) is 118 Å². The van der Waals surface area contributed by atoms with Crippen LogP contribution in [-0.4, -0.2) is 25.7 Å². The van der Waals surface area contributed by atoms with Gasteiger partial charge in [-0.1, -0.05) is 58.1 Å². The van der Waals surface area contributed by atoms with Gasteiger partial charge in [0.15, 0.2) is 6.29 Å². The highest BCUT2D eigenvalue weighted by atomic mass is 18.2. The highest BCUT2D eigenvalue weighted by Gasteiger charge is 2.57. The van der Waals surface area contributed by atoms with Crippen LogP contribution in [0.3, 0.4) is 0 Å². The van der Waals surface area contributed by atoms with E-state index in [-0.39, 0.29) is 25.0 Å². The lowest BCUT2D eigenvalue weighted by atomic mass is 9.51. The Morgan fingerprint density at radius 2 is 1.89 bits per heavy atom. The third-order valence-electron chi connectivity index (χ3n) is 11.4. The Kier molecular flexibility index (Phi) is 8.34. The molecule has 2 unspecified atom stereocenters. The van der Waals surface area contributed by atoms with E-state index in [2.05, 4.69) is 27.7 Å². The quantitative estimate of drug-likeness (QED) is 0.318. The zero-order chi connectivity index (χ0) is 24.6. The molecule has 3 fully saturated rings. The second-order valence-electron chi connectivity index (χ2n) is 13.8. The predicted octanol–water partition coefficient (Wildman–Crippen LogP) is 8.89. The smallest absolute Gasteiger partial charge is 0.157 e. The Morgan fingerprint density at radius 1 is 1.03 bits per heavy atom. The first kappa shape index (κ1) is 26.2. The molecule has 35 heavy (non-hydrogen) atoms. The lowest BCUT2D eigenvalue weighted by molar-refractivity contribution is -0.190. The largest absolute Gasteiger partial charge is 0.353 e. The molecule has 0 spiro atoms. The number of ether oxygens (including phenoxy) is 2. The average molecular weight is 488 g/mol. The highest BCUT2D eigenvalue weighted by molar-refractivity contribution is 5.29. The molecule has 0 N–H and O–H groups in total. The van der Waals surface area contributed by atoms with Gasteiger partial charge in [0.1, 0.15) is 0 Å². The van der Waals surface area contributed by atoms with Crippen LogP contribution in [0.5, 0.6) is 0 Å². The van der Waals surface area contributed by atoms with Crippen LogP contribution in [0.4, 0.5) is 4.39 Å². The number of halogens is 1. The molecule has 9 atom stereocenters. The van der Waals surface area contributed by atoms with Crippen LogP contribution in [0, 0.1) is 46.8 Å². The second kappa shape index (κ2) is 11.1. The van der Waals surface area contributed by atoms with Gasteiger partial charge in [0.05, 0.1) is 12.8 Å². The molecule has 0 radical (unpaired) electrons. The monoisotopic (exact) mass is 487 g/mol. The van der Waals surface area contributed by atoms with Gasteiger partial charge in [-0.15, -0.1) is 0 Å². The number of allylic oxidation sites excluding steroid dienone is 1. The first-order chi connectivity index (χ1) is 16.9. The van der Waals surface area contributed by atoms with Crippen molar-refractivity contribution >= 4 is 0 Å². The summed E-state index contributed by atoms with van der Waals surface area (Å²) < 4.78 is 26.8. The van der Waals surface area contributed by atoms with E-state index in [4.69, 9.17) is 9.47 Å². The summed E-state index contributed by atoms with van der Waals surface area (Å²) in [6, 6.07) is 0. The summed E-state index contributed by atoms with van der Waals surface area (Å²) in [5, 5.41) is 0. The van der Waals surface area contributed by atoms with Gasteiger partial charge in [-0.3, -0.25) is 4.39 Å². The average Bonchev–Trinajstić information content (AvgIpc) is 3.21. The van der Waals surface area contributed by atoms with Crippen molar-refractivity contribution in [2.45, 2.75) is 130 Å². The molecule has 2 nitrogen and oxygen atoms in total. The minimum atomic E-state index is -0.173. The summed E-state index contributed by atoms with van der Waals surface area (Å²) in [4.78, 5) is 0. The van der Waals surface area contributed by atoms with Gasteiger partial charge in [0, 0.05) is 12.5 Å². The fourth-order valence-electron chi connectivity index (χ4n) is 9.66. The maximum Gasteiger partial charge on any atom is 0.157 e. The summed E-state index contributed by atoms with van der Waals surface area (Å²) in [6.07, 6.45) is 17.6. The minimum absolute atomic E-state index is 0.0237. The second-order valence-corrected chi connectivity index (χ2v) is 13.8. The van der Waals surface area contributed by atoms with Crippen LogP contribution in [-0.2, 0) is 9.47 Å². The van der Waals surface area contributed by atoms with Gasteiger partial charge >= 0.3 is 0 Å². The standard InChI is InChI=1S/C32H53FO2/c1-21(2)8-7-9-22(3)29-13-14-30-28-18-23(20-33)27-19-24(35-31-10-5-6-17-34-31)11-12-25(27)26(28)15-16-32(29,30)4/h21-24,26,28-31H,5-20H2,1-4H3/t22-,23?,24+,26-,28-,29-,30+,31?,32-/m1/s1/i33-1. The van der Waals surface area contributed by atoms with Gasteiger partial charge < -0.3 is 9.47 Å². The summed E-state index contributed by atoms with van der Waals surface area (Å²) in [6.45, 7) is 10.6. The number of fused-ring (bicyclic) bond motifs is 4. The molecule has 0 aromatic heterocycles. The molecular formula is C32H53FO2. The van der Waals surface area contributed by atoms with Crippen molar-refractivity contribution in [3.05, 3.63) is 11.1 Å². The third kappa shape index (κ3) is 5.29. The maximum absolute atomic E-state index is 14.5. The van der Waals surface area contributed by atoms with Gasteiger partial charge in [-0.25, -0.2) is 0 Å². The van der Waals surface area contributed by atoms with Crippen molar-refractivity contribution < 1.29 is 13.9 Å². The zero-order valence-corrected chi connectivity index (χ0v) is 23.2. The van der Waals surface area contributed by atoms with Crippen molar-refractivity contribution in [2.75, 3.05) is 13.3 Å². The predicted molar refractivity (Wildman–Crippen MR) is 142 cm³/mol. The van der Waals surface area contributed by atoms with E-state index in [1.54, 1.807) is 5.57 Å². The van der Waals surface area contributed by atoms with E-state index < -0.39 is 0 Å². The summed E-state index contributed by atoms with van der Waals surface area (Å²) in [5.41, 5.74) is 3.64. The van der Waals surface area contributed by atoms with Crippen LogP contribution < -0.4 is 0 Å². The van der Waals surface area contributed by atoms with Crippen molar-refractivity contribution in [3.8, 4) is 0 Å². The molecule has 3 heteroatoms. The minimum Gasteiger partial charge on any atom is -0.353 e. The van der Waals surface area contributed by atoms with Crippen LogP contribution in [0.25, 0.3) is 0 Å². The Bertz CT molecular complexity index is 740. The molecule has 5 aliphatic rings. The molecule has 200 valence electrons. The van der Waals surface area contributed by atoms with Gasteiger partial charge in [0.25, 0.3) is 0 Å². The van der Waals surface area contributed by atoms with Gasteiger partial charge in [-0.05, 0) is 112 Å². The Hall–Kier alpha value is -0.410. The van der Waals surface area contributed by atoms with Crippen molar-refractivity contribution in [1.29, 1.82) is 0 Å². The molecule has 5 rings (SSSR count). The van der Waals surface area contributed by atoms with E-state index in [1.807, 2.05) is 0 Å². The normalized spacial score (nSPS) is 42.5. The molecular weight excluding hydrogens is 434 g/mol. The van der Waals surface area contributed by atoms with E-state index in [0.717, 1.165) is 80.6 Å². The van der Waals surface area contributed by atoms with Crippen LogP contribution in [0.15, 0.2) is 11.1 Å². The molecule has 0 aromatic rings. The van der Waals surface area contributed by atoms with Gasteiger partial charge in [-0.2, -0.15) is 0 Å². The van der Waals surface area contributed by atoms with Crippen LogP contribution >= 0.6 is 0 Å². The SMILES string of the molecule is CC(C)CCC[C@@H](C)[C@H]1CC[C@H]2[C@@H]3CC(C[18F])C4=C(CC[C@H](OC5CCCCO5)C4)[C@H]3CC[C@]12C. The first-order valence-corrected chi connectivity index (χ1v) is 15.5. The Labute approximate surface area is 215 Å². The van der Waals surface area contributed by atoms with E-state index in [9.17, 15) is 4.39 Å². The van der Waals surface area contributed by atoms with Crippen molar-refractivity contribution in [2.24, 2.45) is 46.8 Å². The summed E-state index contributed by atoms with van der Waals surface area (Å²) in [5.74, 6) is 4.95.